The lowest BCUT2D eigenvalue weighted by atomic mass is 10.0. The lowest BCUT2D eigenvalue weighted by Gasteiger charge is -2.10. The quantitative estimate of drug-likeness (QED) is 0.770. The van der Waals surface area contributed by atoms with Crippen LogP contribution in [0, 0.1) is 0 Å². The largest absolute Gasteiger partial charge is 0.496 e. The number of benzene rings is 1. The van der Waals surface area contributed by atoms with Gasteiger partial charge in [0.1, 0.15) is 5.75 Å². The number of ketones is 1. The molecule has 94 valence electrons. The summed E-state index contributed by atoms with van der Waals surface area (Å²) in [5.74, 6) is 0.969. The van der Waals surface area contributed by atoms with E-state index in [9.17, 15) is 4.79 Å². The van der Waals surface area contributed by atoms with E-state index in [-0.39, 0.29) is 5.78 Å². The molecular weight excluding hydrogens is 214 g/mol. The van der Waals surface area contributed by atoms with Crippen LogP contribution >= 0.6 is 0 Å². The average molecular weight is 235 g/mol. The highest BCUT2D eigenvalue weighted by molar-refractivity contribution is 5.98. The van der Waals surface area contributed by atoms with E-state index in [1.165, 1.54) is 0 Å². The van der Waals surface area contributed by atoms with Crippen LogP contribution in [0.5, 0.6) is 5.75 Å². The van der Waals surface area contributed by atoms with Crippen molar-refractivity contribution in [3.05, 3.63) is 29.3 Å². The van der Waals surface area contributed by atoms with E-state index in [0.717, 1.165) is 23.3 Å². The number of carbonyl (C=O) groups is 1. The number of nitrogens with one attached hydrogen (secondary N) is 1. The number of ether oxygens (including phenoxy) is 1. The lowest BCUT2D eigenvalue weighted by Crippen LogP contribution is -2.29. The molecule has 0 spiro atoms. The van der Waals surface area contributed by atoms with E-state index < -0.39 is 0 Å². The Morgan fingerprint density at radius 2 is 2.12 bits per heavy atom. The van der Waals surface area contributed by atoms with Crippen molar-refractivity contribution in [2.24, 2.45) is 0 Å². The highest BCUT2D eigenvalue weighted by Crippen LogP contribution is 2.20. The van der Waals surface area contributed by atoms with Gasteiger partial charge in [0.25, 0.3) is 0 Å². The first-order valence-electron chi connectivity index (χ1n) is 6.02. The van der Waals surface area contributed by atoms with Crippen LogP contribution in [-0.2, 0) is 6.42 Å². The topological polar surface area (TPSA) is 38.3 Å². The fourth-order valence-electron chi connectivity index (χ4n) is 1.63. The molecule has 0 aromatic heterocycles. The Morgan fingerprint density at radius 3 is 2.65 bits per heavy atom. The molecule has 17 heavy (non-hydrogen) atoms. The number of methoxy groups -OCH3 is 1. The van der Waals surface area contributed by atoms with Crippen molar-refractivity contribution in [1.29, 1.82) is 0 Å². The summed E-state index contributed by atoms with van der Waals surface area (Å²) in [6, 6.07) is 5.93. The summed E-state index contributed by atoms with van der Waals surface area (Å²) in [6.45, 7) is 6.49. The smallest absolute Gasteiger partial charge is 0.176 e. The van der Waals surface area contributed by atoms with Crippen LogP contribution < -0.4 is 10.1 Å². The molecule has 3 nitrogen and oxygen atoms in total. The van der Waals surface area contributed by atoms with Gasteiger partial charge < -0.3 is 10.1 Å². The van der Waals surface area contributed by atoms with Crippen molar-refractivity contribution in [3.8, 4) is 5.75 Å². The normalized spacial score (nSPS) is 10.6. The Hall–Kier alpha value is -1.35. The fourth-order valence-corrected chi connectivity index (χ4v) is 1.63. The maximum atomic E-state index is 11.9. The van der Waals surface area contributed by atoms with E-state index in [2.05, 4.69) is 12.2 Å². The van der Waals surface area contributed by atoms with E-state index in [4.69, 9.17) is 4.74 Å². The Balaban J connectivity index is 2.81. The number of Topliss-reactive ketones (excluding diaryl/α,β-unsaturated/α-hetero) is 1. The molecule has 0 saturated carbocycles. The second kappa shape index (κ2) is 6.40. The molecule has 0 aliphatic rings. The third-order valence-electron chi connectivity index (χ3n) is 2.65. The molecule has 1 N–H and O–H groups in total. The van der Waals surface area contributed by atoms with Gasteiger partial charge in [0.15, 0.2) is 5.78 Å². The molecule has 3 heteroatoms. The van der Waals surface area contributed by atoms with E-state index >= 15 is 0 Å². The Morgan fingerprint density at radius 1 is 1.41 bits per heavy atom. The molecule has 1 aromatic carbocycles. The molecule has 0 atom stereocenters. The Kier molecular flexibility index (Phi) is 5.16. The molecule has 0 saturated heterocycles. The van der Waals surface area contributed by atoms with Crippen molar-refractivity contribution in [2.75, 3.05) is 13.7 Å². The molecule has 1 aromatic rings. The lowest BCUT2D eigenvalue weighted by molar-refractivity contribution is 0.0988. The maximum absolute atomic E-state index is 11.9. The first-order chi connectivity index (χ1) is 8.08. The number of aryl methyl sites for hydroxylation is 1. The van der Waals surface area contributed by atoms with Crippen molar-refractivity contribution in [1.82, 2.24) is 5.32 Å². The van der Waals surface area contributed by atoms with Gasteiger partial charge >= 0.3 is 0 Å². The zero-order chi connectivity index (χ0) is 12.8. The van der Waals surface area contributed by atoms with Gasteiger partial charge in [0, 0.05) is 11.6 Å². The Bertz CT molecular complexity index is 386. The molecule has 0 aliphatic carbocycles. The molecule has 0 fully saturated rings. The van der Waals surface area contributed by atoms with Gasteiger partial charge in [-0.1, -0.05) is 20.8 Å². The minimum absolute atomic E-state index is 0.121. The molecule has 1 rings (SSSR count). The minimum Gasteiger partial charge on any atom is -0.496 e. The monoisotopic (exact) mass is 235 g/mol. The van der Waals surface area contributed by atoms with Gasteiger partial charge in [0.2, 0.25) is 0 Å². The standard InChI is InChI=1S/C14H21NO2/c1-5-11-8-12(6-7-14(11)17-4)13(16)9-15-10(2)3/h6-8,10,15H,5,9H2,1-4H3. The highest BCUT2D eigenvalue weighted by atomic mass is 16.5. The van der Waals surface area contributed by atoms with Crippen molar-refractivity contribution < 1.29 is 9.53 Å². The van der Waals surface area contributed by atoms with Crippen LogP contribution in [0.1, 0.15) is 36.7 Å². The van der Waals surface area contributed by atoms with Gasteiger partial charge in [0.05, 0.1) is 13.7 Å². The van der Waals surface area contributed by atoms with Gasteiger partial charge in [-0.2, -0.15) is 0 Å². The summed E-state index contributed by atoms with van der Waals surface area (Å²) in [4.78, 5) is 11.9. The first kappa shape index (κ1) is 13.7. The second-order valence-corrected chi connectivity index (χ2v) is 4.34. The zero-order valence-corrected chi connectivity index (χ0v) is 11.0. The van der Waals surface area contributed by atoms with Gasteiger partial charge in [-0.3, -0.25) is 4.79 Å². The molecule has 0 aliphatic heterocycles. The summed E-state index contributed by atoms with van der Waals surface area (Å²) >= 11 is 0. The predicted molar refractivity (Wildman–Crippen MR) is 69.8 cm³/mol. The molecule has 0 bridgehead atoms. The number of hydrogen-bond acceptors (Lipinski definition) is 3. The Labute approximate surface area is 103 Å². The maximum Gasteiger partial charge on any atom is 0.176 e. The van der Waals surface area contributed by atoms with Gasteiger partial charge in [-0.05, 0) is 30.2 Å². The zero-order valence-electron chi connectivity index (χ0n) is 11.0. The summed E-state index contributed by atoms with van der Waals surface area (Å²) in [5, 5.41) is 3.13. The van der Waals surface area contributed by atoms with Crippen molar-refractivity contribution in [2.45, 2.75) is 33.2 Å². The van der Waals surface area contributed by atoms with Gasteiger partial charge in [-0.15, -0.1) is 0 Å². The summed E-state index contributed by atoms with van der Waals surface area (Å²) in [7, 11) is 1.65. The van der Waals surface area contributed by atoms with Crippen LogP contribution in [0.15, 0.2) is 18.2 Å². The van der Waals surface area contributed by atoms with E-state index in [1.54, 1.807) is 7.11 Å². The van der Waals surface area contributed by atoms with E-state index in [1.807, 2.05) is 32.0 Å². The van der Waals surface area contributed by atoms with Crippen LogP contribution in [0.3, 0.4) is 0 Å². The SMILES string of the molecule is CCc1cc(C(=O)CNC(C)C)ccc1OC. The molecular formula is C14H21NO2. The van der Waals surface area contributed by atoms with Crippen LogP contribution in [0.25, 0.3) is 0 Å². The molecule has 0 radical (unpaired) electrons. The van der Waals surface area contributed by atoms with Crippen molar-refractivity contribution in [3.63, 3.8) is 0 Å². The highest BCUT2D eigenvalue weighted by Gasteiger charge is 2.09. The number of carbonyl (C=O) groups excluding carboxylic acids is 1. The van der Waals surface area contributed by atoms with Crippen molar-refractivity contribution >= 4 is 5.78 Å². The van der Waals surface area contributed by atoms with E-state index in [0.29, 0.717) is 12.6 Å². The second-order valence-electron chi connectivity index (χ2n) is 4.34. The molecule has 0 amide bonds. The summed E-state index contributed by atoms with van der Waals surface area (Å²) in [5.41, 5.74) is 1.82. The van der Waals surface area contributed by atoms with Crippen LogP contribution in [-0.4, -0.2) is 25.5 Å². The molecule has 0 heterocycles. The van der Waals surface area contributed by atoms with Crippen LogP contribution in [0.2, 0.25) is 0 Å². The fraction of sp³-hybridized carbons (Fsp3) is 0.500. The number of hydrogen-bond donors (Lipinski definition) is 1. The predicted octanol–water partition coefficient (Wildman–Crippen LogP) is 2.44. The molecule has 0 unspecified atom stereocenters. The summed E-state index contributed by atoms with van der Waals surface area (Å²) < 4.78 is 5.24. The van der Waals surface area contributed by atoms with Gasteiger partial charge in [-0.25, -0.2) is 0 Å². The number of rotatable bonds is 6. The summed E-state index contributed by atoms with van der Waals surface area (Å²) in [6.07, 6.45) is 0.863. The third kappa shape index (κ3) is 3.86. The third-order valence-corrected chi connectivity index (χ3v) is 2.65. The minimum atomic E-state index is 0.121. The first-order valence-corrected chi connectivity index (χ1v) is 6.02. The van der Waals surface area contributed by atoms with Crippen LogP contribution in [0.4, 0.5) is 0 Å². The average Bonchev–Trinajstić information content (AvgIpc) is 2.34.